The fourth-order valence-electron chi connectivity index (χ4n) is 3.91. The number of methoxy groups -OCH3 is 1. The highest BCUT2D eigenvalue weighted by molar-refractivity contribution is 5.82. The standard InChI is InChI=1S/C19H28N2O/c1-13(2)9-15-11-17-18(21-12-20-17)16(19(15)22-3)10-14-7-5-4-6-8-14/h11-14H,4-10H2,1-3H3,(H,20,21). The van der Waals surface area contributed by atoms with E-state index in [0.29, 0.717) is 5.92 Å². The van der Waals surface area contributed by atoms with Crippen LogP contribution in [0.4, 0.5) is 0 Å². The molecular formula is C19H28N2O. The van der Waals surface area contributed by atoms with Gasteiger partial charge in [0.25, 0.3) is 0 Å². The molecule has 0 atom stereocenters. The van der Waals surface area contributed by atoms with Gasteiger partial charge in [-0.15, -0.1) is 0 Å². The van der Waals surface area contributed by atoms with E-state index in [1.54, 1.807) is 0 Å². The molecular weight excluding hydrogens is 272 g/mol. The van der Waals surface area contributed by atoms with Crippen LogP contribution >= 0.6 is 0 Å². The number of aromatic nitrogens is 2. The van der Waals surface area contributed by atoms with E-state index < -0.39 is 0 Å². The van der Waals surface area contributed by atoms with Gasteiger partial charge in [-0.05, 0) is 36.3 Å². The Labute approximate surface area is 133 Å². The van der Waals surface area contributed by atoms with Crippen molar-refractivity contribution in [2.75, 3.05) is 7.11 Å². The second kappa shape index (κ2) is 6.72. The Morgan fingerprint density at radius 1 is 1.27 bits per heavy atom. The average molecular weight is 300 g/mol. The monoisotopic (exact) mass is 300 g/mol. The number of nitrogens with one attached hydrogen (secondary N) is 1. The molecule has 1 saturated carbocycles. The van der Waals surface area contributed by atoms with Gasteiger partial charge in [-0.2, -0.15) is 0 Å². The number of hydrogen-bond acceptors (Lipinski definition) is 2. The molecule has 1 aromatic heterocycles. The van der Waals surface area contributed by atoms with Crippen LogP contribution in [0.15, 0.2) is 12.4 Å². The molecule has 1 fully saturated rings. The zero-order chi connectivity index (χ0) is 15.5. The maximum Gasteiger partial charge on any atom is 0.127 e. The molecule has 0 bridgehead atoms. The molecule has 3 heteroatoms. The highest BCUT2D eigenvalue weighted by Crippen LogP contribution is 2.36. The minimum Gasteiger partial charge on any atom is -0.496 e. The fraction of sp³-hybridized carbons (Fsp3) is 0.632. The van der Waals surface area contributed by atoms with E-state index in [2.05, 4.69) is 29.9 Å². The summed E-state index contributed by atoms with van der Waals surface area (Å²) >= 11 is 0. The lowest BCUT2D eigenvalue weighted by atomic mass is 9.83. The number of imidazole rings is 1. The highest BCUT2D eigenvalue weighted by Gasteiger charge is 2.21. The molecule has 1 heterocycles. The molecule has 0 radical (unpaired) electrons. The molecule has 0 unspecified atom stereocenters. The first kappa shape index (κ1) is 15.4. The second-order valence-electron chi connectivity index (χ2n) is 7.15. The van der Waals surface area contributed by atoms with E-state index in [-0.39, 0.29) is 0 Å². The molecule has 120 valence electrons. The Kier molecular flexibility index (Phi) is 4.70. The normalized spacial score (nSPS) is 16.5. The molecule has 1 aliphatic rings. The SMILES string of the molecule is COc1c(CC(C)C)cc2[nH]cnc2c1CC1CCCCC1. The predicted octanol–water partition coefficient (Wildman–Crippen LogP) is 4.89. The molecule has 0 aliphatic heterocycles. The predicted molar refractivity (Wildman–Crippen MR) is 91.5 cm³/mol. The first-order valence-corrected chi connectivity index (χ1v) is 8.71. The molecule has 0 spiro atoms. The lowest BCUT2D eigenvalue weighted by Crippen LogP contribution is -2.11. The van der Waals surface area contributed by atoms with Crippen LogP contribution in [0.1, 0.15) is 57.1 Å². The summed E-state index contributed by atoms with van der Waals surface area (Å²) in [5.41, 5.74) is 4.90. The Bertz CT molecular complexity index is 624. The summed E-state index contributed by atoms with van der Waals surface area (Å²) in [6.07, 6.45) is 10.8. The van der Waals surface area contributed by atoms with Gasteiger partial charge in [-0.3, -0.25) is 0 Å². The van der Waals surface area contributed by atoms with Crippen LogP contribution in [0.25, 0.3) is 11.0 Å². The fourth-order valence-corrected chi connectivity index (χ4v) is 3.91. The van der Waals surface area contributed by atoms with Crippen molar-refractivity contribution in [2.45, 2.75) is 58.8 Å². The highest BCUT2D eigenvalue weighted by atomic mass is 16.5. The maximum atomic E-state index is 5.84. The summed E-state index contributed by atoms with van der Waals surface area (Å²) in [7, 11) is 1.81. The summed E-state index contributed by atoms with van der Waals surface area (Å²) in [6.45, 7) is 4.52. The van der Waals surface area contributed by atoms with E-state index in [9.17, 15) is 0 Å². The Hall–Kier alpha value is -1.51. The van der Waals surface area contributed by atoms with Crippen molar-refractivity contribution in [3.63, 3.8) is 0 Å². The van der Waals surface area contributed by atoms with Crippen molar-refractivity contribution < 1.29 is 4.74 Å². The molecule has 1 aliphatic carbocycles. The maximum absolute atomic E-state index is 5.84. The number of hydrogen-bond donors (Lipinski definition) is 1. The number of ether oxygens (including phenoxy) is 1. The van der Waals surface area contributed by atoms with Gasteiger partial charge in [0.1, 0.15) is 5.75 Å². The summed E-state index contributed by atoms with van der Waals surface area (Å²) in [4.78, 5) is 7.87. The van der Waals surface area contributed by atoms with Crippen molar-refractivity contribution in [3.05, 3.63) is 23.5 Å². The van der Waals surface area contributed by atoms with E-state index in [1.807, 2.05) is 13.4 Å². The van der Waals surface area contributed by atoms with Crippen molar-refractivity contribution in [1.29, 1.82) is 0 Å². The lowest BCUT2D eigenvalue weighted by molar-refractivity contribution is 0.348. The van der Waals surface area contributed by atoms with Crippen LogP contribution in [0.3, 0.4) is 0 Å². The minimum absolute atomic E-state index is 0.622. The first-order valence-electron chi connectivity index (χ1n) is 8.71. The van der Waals surface area contributed by atoms with Gasteiger partial charge in [0.15, 0.2) is 0 Å². The summed E-state index contributed by atoms with van der Waals surface area (Å²) in [5, 5.41) is 0. The molecule has 22 heavy (non-hydrogen) atoms. The third kappa shape index (κ3) is 3.13. The quantitative estimate of drug-likeness (QED) is 0.853. The van der Waals surface area contributed by atoms with Crippen LogP contribution in [-0.2, 0) is 12.8 Å². The number of benzene rings is 1. The zero-order valence-electron chi connectivity index (χ0n) is 14.1. The van der Waals surface area contributed by atoms with Crippen LogP contribution in [-0.4, -0.2) is 17.1 Å². The van der Waals surface area contributed by atoms with Crippen LogP contribution in [0.5, 0.6) is 5.75 Å². The second-order valence-corrected chi connectivity index (χ2v) is 7.15. The average Bonchev–Trinajstić information content (AvgIpc) is 2.96. The molecule has 0 saturated heterocycles. The van der Waals surface area contributed by atoms with Crippen LogP contribution in [0, 0.1) is 11.8 Å². The molecule has 3 rings (SSSR count). The molecule has 1 N–H and O–H groups in total. The van der Waals surface area contributed by atoms with Gasteiger partial charge in [0.2, 0.25) is 0 Å². The van der Waals surface area contributed by atoms with Gasteiger partial charge >= 0.3 is 0 Å². The van der Waals surface area contributed by atoms with Gasteiger partial charge < -0.3 is 9.72 Å². The lowest BCUT2D eigenvalue weighted by Gasteiger charge is -2.23. The molecule has 1 aromatic carbocycles. The van der Waals surface area contributed by atoms with Crippen molar-refractivity contribution >= 4 is 11.0 Å². The summed E-state index contributed by atoms with van der Waals surface area (Å²) < 4.78 is 5.84. The minimum atomic E-state index is 0.622. The Morgan fingerprint density at radius 2 is 2.05 bits per heavy atom. The van der Waals surface area contributed by atoms with E-state index in [1.165, 1.54) is 43.2 Å². The Morgan fingerprint density at radius 3 is 2.73 bits per heavy atom. The third-order valence-corrected chi connectivity index (χ3v) is 4.89. The Balaban J connectivity index is 2.02. The van der Waals surface area contributed by atoms with E-state index >= 15 is 0 Å². The van der Waals surface area contributed by atoms with Gasteiger partial charge in [0.05, 0.1) is 24.5 Å². The van der Waals surface area contributed by atoms with Crippen molar-refractivity contribution in [3.8, 4) is 5.75 Å². The van der Waals surface area contributed by atoms with Gasteiger partial charge in [0, 0.05) is 5.56 Å². The summed E-state index contributed by atoms with van der Waals surface area (Å²) in [6, 6.07) is 2.23. The molecule has 2 aromatic rings. The number of H-pyrrole nitrogens is 1. The van der Waals surface area contributed by atoms with Gasteiger partial charge in [-0.1, -0.05) is 46.0 Å². The van der Waals surface area contributed by atoms with Gasteiger partial charge in [-0.25, -0.2) is 4.98 Å². The number of aromatic amines is 1. The molecule has 3 nitrogen and oxygen atoms in total. The number of nitrogens with zero attached hydrogens (tertiary/aromatic N) is 1. The first-order chi connectivity index (χ1) is 10.7. The van der Waals surface area contributed by atoms with Crippen LogP contribution in [0.2, 0.25) is 0 Å². The summed E-state index contributed by atoms with van der Waals surface area (Å²) in [5.74, 6) is 2.49. The topological polar surface area (TPSA) is 37.9 Å². The van der Waals surface area contributed by atoms with Crippen LogP contribution < -0.4 is 4.74 Å². The van der Waals surface area contributed by atoms with E-state index in [0.717, 1.165) is 35.5 Å². The third-order valence-electron chi connectivity index (χ3n) is 4.89. The number of rotatable bonds is 5. The largest absolute Gasteiger partial charge is 0.496 e. The smallest absolute Gasteiger partial charge is 0.127 e. The number of fused-ring (bicyclic) bond motifs is 1. The van der Waals surface area contributed by atoms with E-state index in [4.69, 9.17) is 4.74 Å². The molecule has 0 amide bonds. The zero-order valence-corrected chi connectivity index (χ0v) is 14.1. The van der Waals surface area contributed by atoms with Crippen molar-refractivity contribution in [2.24, 2.45) is 11.8 Å². The van der Waals surface area contributed by atoms with Crippen molar-refractivity contribution in [1.82, 2.24) is 9.97 Å².